The Morgan fingerprint density at radius 1 is 1.36 bits per heavy atom. The summed E-state index contributed by atoms with van der Waals surface area (Å²) < 4.78 is 10.8. The molecule has 2 fully saturated rings. The number of hydrogen-bond acceptors (Lipinski definition) is 4. The number of fused-ring (bicyclic) bond motifs is 2. The highest BCUT2D eigenvalue weighted by atomic mass is 16.5. The summed E-state index contributed by atoms with van der Waals surface area (Å²) in [5, 5.41) is 9.59. The van der Waals surface area contributed by atoms with Gasteiger partial charge in [-0.2, -0.15) is 0 Å². The molecular weight excluding hydrogens is 322 g/mol. The lowest BCUT2D eigenvalue weighted by atomic mass is 9.87. The molecule has 1 spiro atoms. The van der Waals surface area contributed by atoms with E-state index in [0.29, 0.717) is 19.6 Å². The predicted molar refractivity (Wildman–Crippen MR) is 89.5 cm³/mol. The number of hydrogen-bond donors (Lipinski definition) is 1. The number of carboxylic acid groups (broad SMARTS) is 1. The molecule has 1 unspecified atom stereocenters. The fraction of sp³-hybridized carbons (Fsp3) is 0.579. The average Bonchev–Trinajstić information content (AvgIpc) is 3.14. The molecule has 2 aliphatic heterocycles. The molecule has 2 heterocycles. The quantitative estimate of drug-likeness (QED) is 0.898. The maximum absolute atomic E-state index is 13.1. The van der Waals surface area contributed by atoms with Gasteiger partial charge in [0.1, 0.15) is 11.2 Å². The number of carbonyl (C=O) groups is 2. The number of benzene rings is 1. The van der Waals surface area contributed by atoms with E-state index in [0.717, 1.165) is 24.2 Å². The molecule has 0 radical (unpaired) electrons. The summed E-state index contributed by atoms with van der Waals surface area (Å²) in [4.78, 5) is 26.5. The highest BCUT2D eigenvalue weighted by Gasteiger charge is 2.62. The van der Waals surface area contributed by atoms with Gasteiger partial charge in [0.25, 0.3) is 0 Å². The van der Waals surface area contributed by atoms with Gasteiger partial charge in [0.15, 0.2) is 0 Å². The first kappa shape index (κ1) is 16.4. The van der Waals surface area contributed by atoms with Crippen LogP contribution < -0.4 is 4.74 Å². The summed E-state index contributed by atoms with van der Waals surface area (Å²) in [7, 11) is 1.50. The van der Waals surface area contributed by atoms with E-state index in [4.69, 9.17) is 9.47 Å². The molecule has 1 aromatic rings. The van der Waals surface area contributed by atoms with E-state index in [1.165, 1.54) is 7.11 Å². The van der Waals surface area contributed by atoms with Gasteiger partial charge >= 0.3 is 5.97 Å². The van der Waals surface area contributed by atoms with Crippen LogP contribution in [-0.2, 0) is 19.7 Å². The van der Waals surface area contributed by atoms with Crippen molar-refractivity contribution in [1.82, 2.24) is 4.90 Å². The largest absolute Gasteiger partial charge is 0.493 e. The molecule has 1 amide bonds. The molecule has 6 heteroatoms. The van der Waals surface area contributed by atoms with Gasteiger partial charge in [-0.25, -0.2) is 0 Å². The molecular formula is C19H23NO5. The van der Waals surface area contributed by atoms with E-state index in [2.05, 4.69) is 6.07 Å². The standard InChI is InChI=1S/C19H23NO5/c1-24-12-18(17(22)23)6-8-20(11-18)16(21)14-10-19(14)7-9-25-15-5-3-2-4-13(15)19/h2-5,14H,6-12H2,1H3,(H,22,23)/t14-,18?,19-/m0/s1. The minimum atomic E-state index is -0.972. The highest BCUT2D eigenvalue weighted by molar-refractivity contribution is 5.86. The van der Waals surface area contributed by atoms with Crippen molar-refractivity contribution in [2.24, 2.45) is 11.3 Å². The van der Waals surface area contributed by atoms with Crippen LogP contribution in [0, 0.1) is 11.3 Å². The van der Waals surface area contributed by atoms with Gasteiger partial charge in [-0.15, -0.1) is 0 Å². The summed E-state index contributed by atoms with van der Waals surface area (Å²) in [6.45, 7) is 1.49. The third-order valence-electron chi connectivity index (χ3n) is 6.14. The molecule has 0 bridgehead atoms. The van der Waals surface area contributed by atoms with Crippen molar-refractivity contribution < 1.29 is 24.2 Å². The minimum absolute atomic E-state index is 0.0651. The molecule has 1 saturated carbocycles. The molecule has 134 valence electrons. The topological polar surface area (TPSA) is 76.1 Å². The third-order valence-corrected chi connectivity index (χ3v) is 6.14. The summed E-state index contributed by atoms with van der Waals surface area (Å²) in [5.41, 5.74) is 0.0296. The fourth-order valence-corrected chi connectivity index (χ4v) is 4.60. The molecule has 6 nitrogen and oxygen atoms in total. The summed E-state index contributed by atoms with van der Waals surface area (Å²) in [5.74, 6) is 0.0110. The smallest absolute Gasteiger partial charge is 0.313 e. The van der Waals surface area contributed by atoms with E-state index in [1.54, 1.807) is 4.90 Å². The second-order valence-corrected chi connectivity index (χ2v) is 7.54. The van der Waals surface area contributed by atoms with E-state index < -0.39 is 11.4 Å². The lowest BCUT2D eigenvalue weighted by Gasteiger charge is -2.28. The van der Waals surface area contributed by atoms with Gasteiger partial charge in [-0.05, 0) is 25.3 Å². The summed E-state index contributed by atoms with van der Waals surface area (Å²) in [6, 6.07) is 7.95. The Hall–Kier alpha value is -2.08. The van der Waals surface area contributed by atoms with E-state index in [9.17, 15) is 14.7 Å². The number of carbonyl (C=O) groups excluding carboxylic acids is 1. The Morgan fingerprint density at radius 3 is 2.92 bits per heavy atom. The number of aliphatic carboxylic acids is 1. The second kappa shape index (κ2) is 5.73. The van der Waals surface area contributed by atoms with Crippen LogP contribution in [0.5, 0.6) is 5.75 Å². The maximum Gasteiger partial charge on any atom is 0.313 e. The van der Waals surface area contributed by atoms with E-state index in [1.807, 2.05) is 18.2 Å². The number of amides is 1. The van der Waals surface area contributed by atoms with Crippen molar-refractivity contribution >= 4 is 11.9 Å². The number of rotatable bonds is 4. The van der Waals surface area contributed by atoms with Crippen LogP contribution in [0.25, 0.3) is 0 Å². The maximum atomic E-state index is 13.1. The average molecular weight is 345 g/mol. The zero-order valence-electron chi connectivity index (χ0n) is 14.4. The fourth-order valence-electron chi connectivity index (χ4n) is 4.60. The molecule has 3 atom stereocenters. The molecule has 1 N–H and O–H groups in total. The monoisotopic (exact) mass is 345 g/mol. The second-order valence-electron chi connectivity index (χ2n) is 7.54. The van der Waals surface area contributed by atoms with Gasteiger partial charge in [0.2, 0.25) is 5.91 Å². The summed E-state index contributed by atoms with van der Waals surface area (Å²) >= 11 is 0. The number of methoxy groups -OCH3 is 1. The minimum Gasteiger partial charge on any atom is -0.493 e. The number of ether oxygens (including phenoxy) is 2. The van der Waals surface area contributed by atoms with Crippen molar-refractivity contribution in [3.05, 3.63) is 29.8 Å². The first-order chi connectivity index (χ1) is 12.0. The van der Waals surface area contributed by atoms with E-state index in [-0.39, 0.29) is 30.4 Å². The van der Waals surface area contributed by atoms with Crippen molar-refractivity contribution in [1.29, 1.82) is 0 Å². The van der Waals surface area contributed by atoms with Crippen molar-refractivity contribution in [2.45, 2.75) is 24.7 Å². The molecule has 1 aromatic carbocycles. The zero-order chi connectivity index (χ0) is 17.7. The van der Waals surface area contributed by atoms with E-state index >= 15 is 0 Å². The van der Waals surface area contributed by atoms with Crippen molar-refractivity contribution in [3.8, 4) is 5.75 Å². The van der Waals surface area contributed by atoms with Gasteiger partial charge in [-0.1, -0.05) is 18.2 Å². The van der Waals surface area contributed by atoms with Crippen LogP contribution in [0.1, 0.15) is 24.8 Å². The molecule has 0 aromatic heterocycles. The van der Waals surface area contributed by atoms with Gasteiger partial charge < -0.3 is 19.5 Å². The van der Waals surface area contributed by atoms with Gasteiger partial charge in [0, 0.05) is 37.1 Å². The Morgan fingerprint density at radius 2 is 2.16 bits per heavy atom. The van der Waals surface area contributed by atoms with Crippen LogP contribution in [0.2, 0.25) is 0 Å². The molecule has 1 aliphatic carbocycles. The van der Waals surface area contributed by atoms with Crippen LogP contribution in [0.3, 0.4) is 0 Å². The number of carboxylic acids is 1. The molecule has 1 saturated heterocycles. The molecule has 4 rings (SSSR count). The van der Waals surface area contributed by atoms with Crippen LogP contribution in [0.4, 0.5) is 0 Å². The number of para-hydroxylation sites is 1. The predicted octanol–water partition coefficient (Wildman–Crippen LogP) is 1.68. The Balaban J connectivity index is 1.52. The molecule has 3 aliphatic rings. The number of likely N-dealkylation sites (tertiary alicyclic amines) is 1. The van der Waals surface area contributed by atoms with Crippen molar-refractivity contribution in [2.75, 3.05) is 33.4 Å². The molecule has 25 heavy (non-hydrogen) atoms. The first-order valence-corrected chi connectivity index (χ1v) is 8.76. The zero-order valence-corrected chi connectivity index (χ0v) is 14.4. The lowest BCUT2D eigenvalue weighted by Crippen LogP contribution is -2.41. The third kappa shape index (κ3) is 2.42. The Bertz CT molecular complexity index is 720. The van der Waals surface area contributed by atoms with Crippen LogP contribution in [-0.4, -0.2) is 55.3 Å². The SMILES string of the molecule is COCC1(C(=O)O)CCN(C(=O)[C@@H]2C[C@]23CCOc2ccccc23)C1. The van der Waals surface area contributed by atoms with Gasteiger partial charge in [0.05, 0.1) is 13.2 Å². The first-order valence-electron chi connectivity index (χ1n) is 8.76. The van der Waals surface area contributed by atoms with Crippen molar-refractivity contribution in [3.63, 3.8) is 0 Å². The van der Waals surface area contributed by atoms with Gasteiger partial charge in [-0.3, -0.25) is 9.59 Å². The lowest BCUT2D eigenvalue weighted by molar-refractivity contribution is -0.151. The van der Waals surface area contributed by atoms with Crippen LogP contribution >= 0.6 is 0 Å². The normalized spacial score (nSPS) is 33.0. The Kier molecular flexibility index (Phi) is 3.76. The Labute approximate surface area is 146 Å². The summed E-state index contributed by atoms with van der Waals surface area (Å²) in [6.07, 6.45) is 2.12. The van der Waals surface area contributed by atoms with Crippen LogP contribution in [0.15, 0.2) is 24.3 Å². The highest BCUT2D eigenvalue weighted by Crippen LogP contribution is 2.61. The number of nitrogens with zero attached hydrogens (tertiary/aromatic N) is 1.